The van der Waals surface area contributed by atoms with Crippen molar-refractivity contribution in [3.8, 4) is 0 Å². The molecule has 3 rings (SSSR count). The van der Waals surface area contributed by atoms with Gasteiger partial charge in [-0.25, -0.2) is 8.42 Å². The predicted octanol–water partition coefficient (Wildman–Crippen LogP) is 2.51. The van der Waals surface area contributed by atoms with Gasteiger partial charge in [0, 0.05) is 12.0 Å². The van der Waals surface area contributed by atoms with E-state index < -0.39 is 20.7 Å². The number of sulfone groups is 1. The SMILES string of the molecule is O=C(Cc1ccccc1)C1=C(O)S(=O)(=O)c2ccccc21. The number of benzene rings is 2. The molecule has 1 heterocycles. The van der Waals surface area contributed by atoms with E-state index >= 15 is 0 Å². The average Bonchev–Trinajstić information content (AvgIpc) is 2.68. The topological polar surface area (TPSA) is 71.4 Å². The van der Waals surface area contributed by atoms with Crippen molar-refractivity contribution in [1.29, 1.82) is 0 Å². The number of aliphatic hydroxyl groups excluding tert-OH is 1. The Kier molecular flexibility index (Phi) is 3.14. The monoisotopic (exact) mass is 300 g/mol. The van der Waals surface area contributed by atoms with E-state index in [1.165, 1.54) is 12.1 Å². The quantitative estimate of drug-likeness (QED) is 0.945. The van der Waals surface area contributed by atoms with Gasteiger partial charge in [0.1, 0.15) is 0 Å². The summed E-state index contributed by atoms with van der Waals surface area (Å²) in [5.41, 5.74) is 0.926. The lowest BCUT2D eigenvalue weighted by molar-refractivity contribution is -0.113. The first-order valence-electron chi connectivity index (χ1n) is 6.36. The average molecular weight is 300 g/mol. The van der Waals surface area contributed by atoms with Crippen LogP contribution < -0.4 is 0 Å². The second-order valence-electron chi connectivity index (χ2n) is 4.77. The van der Waals surface area contributed by atoms with Crippen LogP contribution in [-0.4, -0.2) is 19.3 Å². The molecule has 0 atom stereocenters. The zero-order valence-corrected chi connectivity index (χ0v) is 11.8. The van der Waals surface area contributed by atoms with Crippen LogP contribution >= 0.6 is 0 Å². The molecule has 106 valence electrons. The minimum atomic E-state index is -3.96. The summed E-state index contributed by atoms with van der Waals surface area (Å²) < 4.78 is 24.2. The van der Waals surface area contributed by atoms with E-state index in [0.29, 0.717) is 0 Å². The Morgan fingerprint density at radius 3 is 2.29 bits per heavy atom. The maximum Gasteiger partial charge on any atom is 0.240 e. The van der Waals surface area contributed by atoms with Gasteiger partial charge in [-0.3, -0.25) is 4.79 Å². The van der Waals surface area contributed by atoms with E-state index in [1.54, 1.807) is 36.4 Å². The number of hydrogen-bond donors (Lipinski definition) is 1. The number of rotatable bonds is 3. The number of Topliss-reactive ketones (excluding diaryl/α,β-unsaturated/α-hetero) is 1. The lowest BCUT2D eigenvalue weighted by Gasteiger charge is -2.03. The third kappa shape index (κ3) is 2.15. The molecule has 1 aliphatic rings. The van der Waals surface area contributed by atoms with E-state index in [2.05, 4.69) is 0 Å². The van der Waals surface area contributed by atoms with Gasteiger partial charge in [0.2, 0.25) is 14.9 Å². The molecule has 5 heteroatoms. The molecule has 0 saturated carbocycles. The zero-order chi connectivity index (χ0) is 15.0. The minimum Gasteiger partial charge on any atom is -0.498 e. The van der Waals surface area contributed by atoms with Gasteiger partial charge in [0.15, 0.2) is 5.78 Å². The molecule has 0 aromatic heterocycles. The maximum absolute atomic E-state index is 12.4. The van der Waals surface area contributed by atoms with Crippen LogP contribution in [0.25, 0.3) is 5.57 Å². The van der Waals surface area contributed by atoms with Crippen LogP contribution in [0.5, 0.6) is 0 Å². The third-order valence-electron chi connectivity index (χ3n) is 3.40. The summed E-state index contributed by atoms with van der Waals surface area (Å²) in [5, 5.41) is 9.11. The summed E-state index contributed by atoms with van der Waals surface area (Å²) in [4.78, 5) is 12.4. The van der Waals surface area contributed by atoms with Gasteiger partial charge in [-0.2, -0.15) is 0 Å². The fraction of sp³-hybridized carbons (Fsp3) is 0.0625. The van der Waals surface area contributed by atoms with Crippen molar-refractivity contribution in [3.63, 3.8) is 0 Å². The molecule has 21 heavy (non-hydrogen) atoms. The van der Waals surface area contributed by atoms with Crippen LogP contribution in [0.4, 0.5) is 0 Å². The molecule has 0 aliphatic carbocycles. The number of carbonyl (C=O) groups is 1. The van der Waals surface area contributed by atoms with Crippen LogP contribution in [0.15, 0.2) is 64.6 Å². The van der Waals surface area contributed by atoms with E-state index in [-0.39, 0.29) is 22.5 Å². The second-order valence-corrected chi connectivity index (χ2v) is 6.60. The predicted molar refractivity (Wildman–Crippen MR) is 78.3 cm³/mol. The van der Waals surface area contributed by atoms with Crippen molar-refractivity contribution in [2.24, 2.45) is 0 Å². The van der Waals surface area contributed by atoms with E-state index in [1.807, 2.05) is 6.07 Å². The number of aliphatic hydroxyl groups is 1. The largest absolute Gasteiger partial charge is 0.498 e. The molecule has 0 amide bonds. The molecular formula is C16H12O4S. The summed E-state index contributed by atoms with van der Waals surface area (Å²) in [5.74, 6) is -0.410. The fourth-order valence-corrected chi connectivity index (χ4v) is 3.82. The van der Waals surface area contributed by atoms with E-state index in [4.69, 9.17) is 0 Å². The summed E-state index contributed by atoms with van der Waals surface area (Å²) in [6.45, 7) is 0. The molecule has 0 radical (unpaired) electrons. The van der Waals surface area contributed by atoms with Gasteiger partial charge in [-0.15, -0.1) is 0 Å². The van der Waals surface area contributed by atoms with Gasteiger partial charge in [0.25, 0.3) is 0 Å². The second kappa shape index (κ2) is 4.86. The van der Waals surface area contributed by atoms with Crippen molar-refractivity contribution in [2.45, 2.75) is 11.3 Å². The Bertz CT molecular complexity index is 849. The highest BCUT2D eigenvalue weighted by molar-refractivity contribution is 7.95. The first kappa shape index (κ1) is 13.6. The molecule has 0 spiro atoms. The highest BCUT2D eigenvalue weighted by Crippen LogP contribution is 2.38. The molecule has 0 bridgehead atoms. The van der Waals surface area contributed by atoms with Crippen LogP contribution in [-0.2, 0) is 21.1 Å². The first-order valence-corrected chi connectivity index (χ1v) is 7.85. The van der Waals surface area contributed by atoms with Crippen molar-refractivity contribution in [3.05, 3.63) is 70.8 Å². The number of hydrogen-bond acceptors (Lipinski definition) is 4. The third-order valence-corrected chi connectivity index (χ3v) is 5.05. The highest BCUT2D eigenvalue weighted by Gasteiger charge is 2.38. The fourth-order valence-electron chi connectivity index (χ4n) is 2.40. The Morgan fingerprint density at radius 1 is 0.952 bits per heavy atom. The van der Waals surface area contributed by atoms with Gasteiger partial charge in [-0.05, 0) is 11.6 Å². The molecule has 1 N–H and O–H groups in total. The molecule has 0 unspecified atom stereocenters. The summed E-state index contributed by atoms with van der Waals surface area (Å²) in [7, 11) is -3.96. The normalized spacial score (nSPS) is 15.8. The standard InChI is InChI=1S/C16H12O4S/c17-13(10-11-6-2-1-3-7-11)15-12-8-4-5-9-14(12)21(19,20)16(15)18/h1-9,18H,10H2. The van der Waals surface area contributed by atoms with Crippen LogP contribution in [0, 0.1) is 0 Å². The first-order chi connectivity index (χ1) is 10.0. The summed E-state index contributed by atoms with van der Waals surface area (Å²) in [6.07, 6.45) is 0.0457. The number of ketones is 1. The molecule has 0 saturated heterocycles. The Morgan fingerprint density at radius 2 is 1.57 bits per heavy atom. The van der Waals surface area contributed by atoms with Crippen LogP contribution in [0.1, 0.15) is 11.1 Å². The molecule has 2 aromatic carbocycles. The molecule has 0 fully saturated rings. The van der Waals surface area contributed by atoms with Crippen molar-refractivity contribution in [2.75, 3.05) is 0 Å². The van der Waals surface area contributed by atoms with Crippen molar-refractivity contribution < 1.29 is 18.3 Å². The molecule has 2 aromatic rings. The molecule has 4 nitrogen and oxygen atoms in total. The zero-order valence-electron chi connectivity index (χ0n) is 11.0. The van der Waals surface area contributed by atoms with Gasteiger partial charge in [-0.1, -0.05) is 48.5 Å². The Balaban J connectivity index is 2.06. The van der Waals surface area contributed by atoms with Crippen LogP contribution in [0.2, 0.25) is 0 Å². The highest BCUT2D eigenvalue weighted by atomic mass is 32.2. The van der Waals surface area contributed by atoms with Gasteiger partial charge in [0.05, 0.1) is 10.5 Å². The van der Waals surface area contributed by atoms with Gasteiger partial charge >= 0.3 is 0 Å². The number of allylic oxidation sites excluding steroid dienone is 1. The Labute approximate surface area is 122 Å². The maximum atomic E-state index is 12.4. The van der Waals surface area contributed by atoms with E-state index in [0.717, 1.165) is 5.56 Å². The molecule has 1 aliphatic heterocycles. The summed E-state index contributed by atoms with van der Waals surface area (Å²) in [6, 6.07) is 15.1. The van der Waals surface area contributed by atoms with Crippen LogP contribution in [0.3, 0.4) is 0 Å². The Hall–Kier alpha value is -2.40. The smallest absolute Gasteiger partial charge is 0.240 e. The minimum absolute atomic E-state index is 0.0149. The molecular weight excluding hydrogens is 288 g/mol. The lowest BCUT2D eigenvalue weighted by Crippen LogP contribution is -2.07. The van der Waals surface area contributed by atoms with Crippen molar-refractivity contribution in [1.82, 2.24) is 0 Å². The van der Waals surface area contributed by atoms with Crippen molar-refractivity contribution >= 4 is 21.2 Å². The summed E-state index contributed by atoms with van der Waals surface area (Å²) >= 11 is 0. The van der Waals surface area contributed by atoms with Gasteiger partial charge < -0.3 is 5.11 Å². The number of fused-ring (bicyclic) bond motifs is 1. The van der Waals surface area contributed by atoms with E-state index in [9.17, 15) is 18.3 Å². The lowest BCUT2D eigenvalue weighted by atomic mass is 9.98. The number of carbonyl (C=O) groups excluding carboxylic acids is 1.